The van der Waals surface area contributed by atoms with Crippen LogP contribution in [0.15, 0.2) is 18.2 Å². The molecule has 1 aromatic rings. The zero-order valence-corrected chi connectivity index (χ0v) is 13.2. The quantitative estimate of drug-likeness (QED) is 0.490. The molecule has 8 heteroatoms. The summed E-state index contributed by atoms with van der Waals surface area (Å²) in [6.07, 6.45) is 0. The van der Waals surface area contributed by atoms with Crippen LogP contribution in [-0.4, -0.2) is 73.1 Å². The number of fused-ring (bicyclic) bond motifs is 3. The maximum atomic E-state index is 12.4. The van der Waals surface area contributed by atoms with Crippen molar-refractivity contribution in [1.82, 2.24) is 4.90 Å². The van der Waals surface area contributed by atoms with E-state index in [-0.39, 0.29) is 17.3 Å². The predicted molar refractivity (Wildman–Crippen MR) is 84.4 cm³/mol. The van der Waals surface area contributed by atoms with Crippen LogP contribution in [0.1, 0.15) is 0 Å². The third kappa shape index (κ3) is 3.27. The summed E-state index contributed by atoms with van der Waals surface area (Å²) in [5, 5.41) is 13.9. The highest BCUT2D eigenvalue weighted by Gasteiger charge is 2.40. The number of quaternary nitrogens is 1. The smallest absolute Gasteiger partial charge is 0.296 e. The Kier molecular flexibility index (Phi) is 4.18. The van der Waals surface area contributed by atoms with Gasteiger partial charge in [0, 0.05) is 19.6 Å². The fraction of sp³-hybridized carbons (Fsp3) is 0.533. The molecular formula is C15H21N4O4+. The molecule has 23 heavy (non-hydrogen) atoms. The molecule has 1 N–H and O–H groups in total. The highest BCUT2D eigenvalue weighted by molar-refractivity contribution is 5.94. The van der Waals surface area contributed by atoms with Gasteiger partial charge in [0.2, 0.25) is 0 Å². The molecule has 3 aliphatic heterocycles. The molecule has 2 bridgehead atoms. The Hall–Kier alpha value is -2.19. The molecule has 0 atom stereocenters. The Morgan fingerprint density at radius 3 is 2.57 bits per heavy atom. The molecule has 3 aliphatic rings. The van der Waals surface area contributed by atoms with Crippen molar-refractivity contribution in [3.05, 3.63) is 28.3 Å². The van der Waals surface area contributed by atoms with Crippen molar-refractivity contribution in [3.63, 3.8) is 0 Å². The standard InChI is InChI=1S/C15H20N4O4/c1-23-12-2-3-13(14(10-12)18(21)22)16-15(20)11-19-7-4-17(5-8-19)6-9-19/h2-3,10H,4-9,11H2,1H3/p+1. The SMILES string of the molecule is COc1ccc(NC(=O)C[N+]23CCN(CC2)CC3)c([N+](=O)[O-])c1. The van der Waals surface area contributed by atoms with Gasteiger partial charge in [-0.1, -0.05) is 0 Å². The van der Waals surface area contributed by atoms with Crippen LogP contribution in [0.3, 0.4) is 0 Å². The first-order chi connectivity index (χ1) is 11.0. The molecule has 3 saturated heterocycles. The fourth-order valence-corrected chi connectivity index (χ4v) is 3.36. The van der Waals surface area contributed by atoms with Gasteiger partial charge in [-0.05, 0) is 12.1 Å². The largest absolute Gasteiger partial charge is 0.496 e. The van der Waals surface area contributed by atoms with Gasteiger partial charge >= 0.3 is 0 Å². The first-order valence-electron chi connectivity index (χ1n) is 7.71. The number of methoxy groups -OCH3 is 1. The van der Waals surface area contributed by atoms with Gasteiger partial charge in [-0.15, -0.1) is 0 Å². The van der Waals surface area contributed by atoms with Crippen molar-refractivity contribution in [1.29, 1.82) is 0 Å². The van der Waals surface area contributed by atoms with Crippen LogP contribution < -0.4 is 10.1 Å². The van der Waals surface area contributed by atoms with Crippen LogP contribution >= 0.6 is 0 Å². The summed E-state index contributed by atoms with van der Waals surface area (Å²) >= 11 is 0. The number of nitrogens with zero attached hydrogens (tertiary/aromatic N) is 3. The second kappa shape index (κ2) is 6.13. The summed E-state index contributed by atoms with van der Waals surface area (Å²) in [6.45, 7) is 6.35. The number of nitro benzene ring substituents is 1. The van der Waals surface area contributed by atoms with Gasteiger partial charge in [0.1, 0.15) is 11.4 Å². The third-order valence-electron chi connectivity index (χ3n) is 4.83. The Morgan fingerprint density at radius 1 is 1.35 bits per heavy atom. The molecule has 0 spiro atoms. The second-order valence-corrected chi connectivity index (χ2v) is 6.20. The van der Waals surface area contributed by atoms with E-state index in [0.717, 1.165) is 43.8 Å². The van der Waals surface area contributed by atoms with E-state index >= 15 is 0 Å². The Labute approximate surface area is 134 Å². The Balaban J connectivity index is 1.71. The topological polar surface area (TPSA) is 84.7 Å². The summed E-state index contributed by atoms with van der Waals surface area (Å²) in [4.78, 5) is 25.5. The molecule has 124 valence electrons. The third-order valence-corrected chi connectivity index (χ3v) is 4.83. The van der Waals surface area contributed by atoms with E-state index in [9.17, 15) is 14.9 Å². The van der Waals surface area contributed by atoms with Crippen LogP contribution in [0.25, 0.3) is 0 Å². The molecule has 0 unspecified atom stereocenters. The lowest BCUT2D eigenvalue weighted by Crippen LogP contribution is -2.68. The van der Waals surface area contributed by atoms with Gasteiger partial charge < -0.3 is 14.5 Å². The lowest BCUT2D eigenvalue weighted by atomic mass is 10.1. The van der Waals surface area contributed by atoms with Crippen LogP contribution in [-0.2, 0) is 4.79 Å². The summed E-state index contributed by atoms with van der Waals surface area (Å²) in [5.41, 5.74) is 0.0656. The van der Waals surface area contributed by atoms with Crippen molar-refractivity contribution in [2.24, 2.45) is 0 Å². The molecule has 4 rings (SSSR count). The molecule has 3 fully saturated rings. The minimum atomic E-state index is -0.510. The number of hydrogen-bond acceptors (Lipinski definition) is 5. The molecule has 0 saturated carbocycles. The molecule has 1 amide bonds. The summed E-state index contributed by atoms with van der Waals surface area (Å²) in [7, 11) is 1.45. The van der Waals surface area contributed by atoms with Gasteiger partial charge in [0.25, 0.3) is 11.6 Å². The van der Waals surface area contributed by atoms with E-state index in [2.05, 4.69) is 10.2 Å². The van der Waals surface area contributed by atoms with Gasteiger partial charge in [-0.25, -0.2) is 0 Å². The van der Waals surface area contributed by atoms with Gasteiger partial charge in [0.05, 0.1) is 37.7 Å². The monoisotopic (exact) mass is 321 g/mol. The number of amides is 1. The van der Waals surface area contributed by atoms with E-state index in [0.29, 0.717) is 12.3 Å². The minimum Gasteiger partial charge on any atom is -0.496 e. The van der Waals surface area contributed by atoms with Crippen molar-refractivity contribution < 1.29 is 18.9 Å². The predicted octanol–water partition coefficient (Wildman–Crippen LogP) is 0.688. The number of ether oxygens (including phenoxy) is 1. The number of hydrogen-bond donors (Lipinski definition) is 1. The number of nitro groups is 1. The zero-order valence-electron chi connectivity index (χ0n) is 13.2. The summed E-state index contributed by atoms with van der Waals surface area (Å²) in [6, 6.07) is 4.44. The maximum absolute atomic E-state index is 12.4. The Bertz CT molecular complexity index is 612. The second-order valence-electron chi connectivity index (χ2n) is 6.20. The highest BCUT2D eigenvalue weighted by Crippen LogP contribution is 2.29. The van der Waals surface area contributed by atoms with Crippen molar-refractivity contribution in [3.8, 4) is 5.75 Å². The number of anilines is 1. The van der Waals surface area contributed by atoms with Gasteiger partial charge in [-0.2, -0.15) is 0 Å². The van der Waals surface area contributed by atoms with Crippen molar-refractivity contribution in [2.45, 2.75) is 0 Å². The van der Waals surface area contributed by atoms with E-state index in [1.54, 1.807) is 6.07 Å². The number of carbonyl (C=O) groups excluding carboxylic acids is 1. The first kappa shape index (κ1) is 15.7. The molecule has 8 nitrogen and oxygen atoms in total. The fourth-order valence-electron chi connectivity index (χ4n) is 3.36. The number of carbonyl (C=O) groups is 1. The number of nitrogens with one attached hydrogen (secondary N) is 1. The number of piperazine rings is 3. The molecule has 0 aliphatic carbocycles. The van der Waals surface area contributed by atoms with E-state index in [4.69, 9.17) is 4.74 Å². The van der Waals surface area contributed by atoms with Gasteiger partial charge in [-0.3, -0.25) is 19.8 Å². The van der Waals surface area contributed by atoms with Crippen molar-refractivity contribution in [2.75, 3.05) is 58.2 Å². The summed E-state index contributed by atoms with van der Waals surface area (Å²) < 4.78 is 5.78. The number of benzene rings is 1. The van der Waals surface area contributed by atoms with E-state index in [1.807, 2.05) is 0 Å². The minimum absolute atomic E-state index is 0.152. The Morgan fingerprint density at radius 2 is 2.00 bits per heavy atom. The maximum Gasteiger partial charge on any atom is 0.296 e. The lowest BCUT2D eigenvalue weighted by Gasteiger charge is -2.50. The normalized spacial score (nSPS) is 25.9. The van der Waals surface area contributed by atoms with Crippen LogP contribution in [0.4, 0.5) is 11.4 Å². The summed E-state index contributed by atoms with van der Waals surface area (Å²) in [5.74, 6) is 0.220. The zero-order chi connectivity index (χ0) is 16.4. The van der Waals surface area contributed by atoms with E-state index < -0.39 is 4.92 Å². The lowest BCUT2D eigenvalue weighted by molar-refractivity contribution is -0.933. The molecule has 0 radical (unpaired) electrons. The average Bonchev–Trinajstić information content (AvgIpc) is 2.56. The van der Waals surface area contributed by atoms with E-state index in [1.165, 1.54) is 19.2 Å². The highest BCUT2D eigenvalue weighted by atomic mass is 16.6. The van der Waals surface area contributed by atoms with Crippen LogP contribution in [0.2, 0.25) is 0 Å². The van der Waals surface area contributed by atoms with Gasteiger partial charge in [0.15, 0.2) is 6.54 Å². The average molecular weight is 321 g/mol. The first-order valence-corrected chi connectivity index (χ1v) is 7.71. The molecule has 3 heterocycles. The molecule has 1 aromatic carbocycles. The van der Waals surface area contributed by atoms with Crippen LogP contribution in [0, 0.1) is 10.1 Å². The molecule has 0 aromatic heterocycles. The van der Waals surface area contributed by atoms with Crippen LogP contribution in [0.5, 0.6) is 5.75 Å². The van der Waals surface area contributed by atoms with Crippen molar-refractivity contribution >= 4 is 17.3 Å². The number of rotatable bonds is 5. The molecular weight excluding hydrogens is 300 g/mol.